The van der Waals surface area contributed by atoms with Crippen molar-refractivity contribution < 1.29 is 4.79 Å². The number of carbonyl (C=O) groups excluding carboxylic acids is 1. The molecule has 0 saturated heterocycles. The van der Waals surface area contributed by atoms with Crippen LogP contribution in [0, 0.1) is 0 Å². The average Bonchev–Trinajstić information content (AvgIpc) is 2.31. The fourth-order valence-electron chi connectivity index (χ4n) is 1.86. The van der Waals surface area contributed by atoms with E-state index in [0.29, 0.717) is 6.54 Å². The maximum Gasteiger partial charge on any atom is 0.324 e. The Hall–Kier alpha value is -0.380. The highest BCUT2D eigenvalue weighted by Crippen LogP contribution is 2.10. The number of unbranched alkanes of at least 4 members (excludes halogenated alkanes) is 9. The molecule has 0 aromatic heterocycles. The minimum Gasteiger partial charge on any atom is -0.351 e. The van der Waals surface area contributed by atoms with E-state index in [2.05, 4.69) is 19.7 Å². The lowest BCUT2D eigenvalue weighted by atomic mass is 10.1. The third-order valence-electron chi connectivity index (χ3n) is 2.98. The Morgan fingerprint density at radius 3 is 1.76 bits per heavy atom. The molecule has 2 N–H and O–H groups in total. The van der Waals surface area contributed by atoms with Crippen LogP contribution in [0.2, 0.25) is 0 Å². The van der Waals surface area contributed by atoms with E-state index >= 15 is 0 Å². The highest BCUT2D eigenvalue weighted by atomic mass is 32.1. The van der Waals surface area contributed by atoms with Gasteiger partial charge in [-0.05, 0) is 6.42 Å². The molecular formula is C13H28N2OS. The van der Waals surface area contributed by atoms with Crippen molar-refractivity contribution >= 4 is 18.8 Å². The Kier molecular flexibility index (Phi) is 11.8. The van der Waals surface area contributed by atoms with Crippen LogP contribution in [-0.2, 0) is 0 Å². The summed E-state index contributed by atoms with van der Waals surface area (Å²) in [5, 5.41) is 0. The van der Waals surface area contributed by atoms with Gasteiger partial charge in [-0.25, -0.2) is 4.79 Å². The van der Waals surface area contributed by atoms with Crippen molar-refractivity contribution in [1.82, 2.24) is 4.31 Å². The Labute approximate surface area is 112 Å². The van der Waals surface area contributed by atoms with Gasteiger partial charge < -0.3 is 5.73 Å². The Balaban J connectivity index is 3.06. The van der Waals surface area contributed by atoms with E-state index in [4.69, 9.17) is 5.73 Å². The normalized spacial score (nSPS) is 10.5. The van der Waals surface area contributed by atoms with Crippen LogP contribution in [0.5, 0.6) is 0 Å². The molecule has 102 valence electrons. The molecule has 0 spiro atoms. The molecule has 0 aliphatic carbocycles. The van der Waals surface area contributed by atoms with Gasteiger partial charge >= 0.3 is 6.03 Å². The topological polar surface area (TPSA) is 46.3 Å². The van der Waals surface area contributed by atoms with Gasteiger partial charge in [0.05, 0.1) is 0 Å². The second kappa shape index (κ2) is 12.1. The number of rotatable bonds is 11. The van der Waals surface area contributed by atoms with Gasteiger partial charge in [0.15, 0.2) is 0 Å². The highest BCUT2D eigenvalue weighted by Gasteiger charge is 2.02. The number of nitrogens with zero attached hydrogens (tertiary/aromatic N) is 1. The molecule has 17 heavy (non-hydrogen) atoms. The number of carbonyl (C=O) groups is 1. The summed E-state index contributed by atoms with van der Waals surface area (Å²) in [4.78, 5) is 10.7. The van der Waals surface area contributed by atoms with Crippen LogP contribution in [0.15, 0.2) is 0 Å². The molecule has 0 fully saturated rings. The van der Waals surface area contributed by atoms with Gasteiger partial charge in [-0.1, -0.05) is 77.5 Å². The van der Waals surface area contributed by atoms with Crippen molar-refractivity contribution in [3.8, 4) is 0 Å². The van der Waals surface area contributed by atoms with Gasteiger partial charge in [-0.3, -0.25) is 4.31 Å². The third-order valence-corrected chi connectivity index (χ3v) is 3.37. The van der Waals surface area contributed by atoms with Gasteiger partial charge in [0, 0.05) is 6.54 Å². The third kappa shape index (κ3) is 11.9. The summed E-state index contributed by atoms with van der Waals surface area (Å²) in [6.45, 7) is 2.91. The number of hydrogen-bond donors (Lipinski definition) is 2. The number of nitrogens with two attached hydrogens (primary N) is 1. The summed E-state index contributed by atoms with van der Waals surface area (Å²) < 4.78 is 1.28. The smallest absolute Gasteiger partial charge is 0.324 e. The van der Waals surface area contributed by atoms with Crippen molar-refractivity contribution in [2.45, 2.75) is 71.1 Å². The maximum atomic E-state index is 10.7. The molecule has 0 aliphatic heterocycles. The molecule has 0 bridgehead atoms. The van der Waals surface area contributed by atoms with Crippen LogP contribution in [0.1, 0.15) is 71.1 Å². The molecule has 0 radical (unpaired) electrons. The minimum absolute atomic E-state index is 0.454. The van der Waals surface area contributed by atoms with Crippen molar-refractivity contribution in [2.24, 2.45) is 5.73 Å². The number of hydrogen-bond acceptors (Lipinski definition) is 2. The summed E-state index contributed by atoms with van der Waals surface area (Å²) in [5.74, 6) is 0. The van der Waals surface area contributed by atoms with E-state index < -0.39 is 6.03 Å². The van der Waals surface area contributed by atoms with Gasteiger partial charge in [0.1, 0.15) is 0 Å². The first-order chi connectivity index (χ1) is 8.18. The Morgan fingerprint density at radius 1 is 0.941 bits per heavy atom. The average molecular weight is 260 g/mol. The quantitative estimate of drug-likeness (QED) is 0.426. The molecule has 0 aliphatic rings. The summed E-state index contributed by atoms with van der Waals surface area (Å²) in [6, 6.07) is -0.454. The second-order valence-corrected chi connectivity index (χ2v) is 5.13. The Bertz CT molecular complexity index is 188. The van der Waals surface area contributed by atoms with Crippen molar-refractivity contribution in [2.75, 3.05) is 6.54 Å². The van der Waals surface area contributed by atoms with Crippen LogP contribution in [-0.4, -0.2) is 16.9 Å². The predicted molar refractivity (Wildman–Crippen MR) is 77.1 cm³/mol. The molecule has 4 heteroatoms. The number of urea groups is 1. The molecule has 0 saturated carbocycles. The largest absolute Gasteiger partial charge is 0.351 e. The van der Waals surface area contributed by atoms with E-state index in [1.807, 2.05) is 0 Å². The van der Waals surface area contributed by atoms with Crippen molar-refractivity contribution in [3.63, 3.8) is 0 Å². The van der Waals surface area contributed by atoms with E-state index in [9.17, 15) is 4.79 Å². The Morgan fingerprint density at radius 2 is 1.35 bits per heavy atom. The molecule has 3 nitrogen and oxygen atoms in total. The molecule has 0 aromatic carbocycles. The number of primary amides is 1. The summed E-state index contributed by atoms with van der Waals surface area (Å²) >= 11 is 3.97. The van der Waals surface area contributed by atoms with E-state index in [0.717, 1.165) is 6.42 Å². The first-order valence-corrected chi connectivity index (χ1v) is 7.34. The van der Waals surface area contributed by atoms with Crippen molar-refractivity contribution in [1.29, 1.82) is 0 Å². The lowest BCUT2D eigenvalue weighted by molar-refractivity contribution is 0.234. The lowest BCUT2D eigenvalue weighted by Gasteiger charge is -2.11. The van der Waals surface area contributed by atoms with Gasteiger partial charge in [0.2, 0.25) is 0 Å². The number of thiol groups is 1. The zero-order chi connectivity index (χ0) is 12.9. The maximum absolute atomic E-state index is 10.7. The monoisotopic (exact) mass is 260 g/mol. The fraction of sp³-hybridized carbons (Fsp3) is 0.923. The standard InChI is InChI=1S/C13H28N2OS/c1-2-3-4-5-6-7-8-9-10-11-12-15(17)13(14)16/h17H,2-12H2,1H3,(H2,14,16). The van der Waals surface area contributed by atoms with Gasteiger partial charge in [-0.15, -0.1) is 0 Å². The van der Waals surface area contributed by atoms with Crippen LogP contribution in [0.25, 0.3) is 0 Å². The minimum atomic E-state index is -0.454. The van der Waals surface area contributed by atoms with E-state index in [-0.39, 0.29) is 0 Å². The zero-order valence-corrected chi connectivity index (χ0v) is 12.1. The molecule has 0 rings (SSSR count). The van der Waals surface area contributed by atoms with Gasteiger partial charge in [0.25, 0.3) is 0 Å². The van der Waals surface area contributed by atoms with Crippen LogP contribution >= 0.6 is 12.8 Å². The SMILES string of the molecule is CCCCCCCCCCCCN(S)C(N)=O. The van der Waals surface area contributed by atoms with Crippen molar-refractivity contribution in [3.05, 3.63) is 0 Å². The lowest BCUT2D eigenvalue weighted by Crippen LogP contribution is -2.28. The molecule has 0 atom stereocenters. The number of amides is 2. The first-order valence-electron chi connectivity index (χ1n) is 6.94. The highest BCUT2D eigenvalue weighted by molar-refractivity contribution is 7.78. The molecular weight excluding hydrogens is 232 g/mol. The predicted octanol–water partition coefficient (Wildman–Crippen LogP) is 4.13. The summed E-state index contributed by atoms with van der Waals surface area (Å²) in [6.07, 6.45) is 12.9. The molecule has 0 unspecified atom stereocenters. The van der Waals surface area contributed by atoms with E-state index in [1.54, 1.807) is 0 Å². The first kappa shape index (κ1) is 16.6. The summed E-state index contributed by atoms with van der Waals surface area (Å²) in [7, 11) is 0. The fourth-order valence-corrected chi connectivity index (χ4v) is 2.00. The van der Waals surface area contributed by atoms with Crippen LogP contribution < -0.4 is 5.73 Å². The molecule has 0 heterocycles. The van der Waals surface area contributed by atoms with E-state index in [1.165, 1.54) is 62.1 Å². The molecule has 2 amide bonds. The molecule has 0 aromatic rings. The van der Waals surface area contributed by atoms with Crippen LogP contribution in [0.4, 0.5) is 4.79 Å². The zero-order valence-electron chi connectivity index (χ0n) is 11.2. The summed E-state index contributed by atoms with van der Waals surface area (Å²) in [5.41, 5.74) is 5.07. The second-order valence-electron chi connectivity index (χ2n) is 4.64. The van der Waals surface area contributed by atoms with Crippen LogP contribution in [0.3, 0.4) is 0 Å². The van der Waals surface area contributed by atoms with Gasteiger partial charge in [-0.2, -0.15) is 0 Å².